The number of piperidine rings is 1. The van der Waals surface area contributed by atoms with Crippen molar-refractivity contribution in [1.29, 1.82) is 0 Å². The molecule has 23 heavy (non-hydrogen) atoms. The summed E-state index contributed by atoms with van der Waals surface area (Å²) in [5, 5.41) is 10.5. The van der Waals surface area contributed by atoms with Crippen LogP contribution in [-0.2, 0) is 11.3 Å². The van der Waals surface area contributed by atoms with Crippen molar-refractivity contribution in [2.75, 3.05) is 37.7 Å². The van der Waals surface area contributed by atoms with E-state index in [9.17, 15) is 5.11 Å². The van der Waals surface area contributed by atoms with Crippen molar-refractivity contribution in [2.45, 2.75) is 50.4 Å². The Bertz CT molecular complexity index is 541. The van der Waals surface area contributed by atoms with E-state index in [1.165, 1.54) is 12.8 Å². The Kier molecular flexibility index (Phi) is 4.22. The van der Waals surface area contributed by atoms with E-state index in [-0.39, 0.29) is 5.60 Å². The van der Waals surface area contributed by atoms with Crippen LogP contribution in [0.4, 0.5) is 5.95 Å². The van der Waals surface area contributed by atoms with E-state index in [2.05, 4.69) is 14.8 Å². The number of nitrogens with zero attached hydrogens (tertiary/aromatic N) is 4. The van der Waals surface area contributed by atoms with Crippen molar-refractivity contribution >= 4 is 5.95 Å². The lowest BCUT2D eigenvalue weighted by Gasteiger charge is -2.42. The monoisotopic (exact) mass is 318 g/mol. The summed E-state index contributed by atoms with van der Waals surface area (Å²) in [5.74, 6) is 0.855. The third-order valence-corrected chi connectivity index (χ3v) is 5.50. The minimum atomic E-state index is -0.390. The smallest absolute Gasteiger partial charge is 0.225 e. The molecular weight excluding hydrogens is 292 g/mol. The van der Waals surface area contributed by atoms with Gasteiger partial charge in [-0.3, -0.25) is 4.90 Å². The van der Waals surface area contributed by atoms with E-state index in [0.29, 0.717) is 6.54 Å². The molecule has 0 amide bonds. The zero-order valence-electron chi connectivity index (χ0n) is 13.7. The van der Waals surface area contributed by atoms with Crippen LogP contribution in [0, 0.1) is 0 Å². The van der Waals surface area contributed by atoms with Gasteiger partial charge in [0.25, 0.3) is 0 Å². The van der Waals surface area contributed by atoms with Gasteiger partial charge in [0.15, 0.2) is 0 Å². The molecule has 0 radical (unpaired) electrons. The van der Waals surface area contributed by atoms with Crippen LogP contribution in [0.5, 0.6) is 0 Å². The highest BCUT2D eigenvalue weighted by Gasteiger charge is 2.45. The zero-order valence-corrected chi connectivity index (χ0v) is 13.7. The fraction of sp³-hybridized carbons (Fsp3) is 0.765. The van der Waals surface area contributed by atoms with Crippen LogP contribution in [0.3, 0.4) is 0 Å². The van der Waals surface area contributed by atoms with Gasteiger partial charge in [-0.25, -0.2) is 9.97 Å². The van der Waals surface area contributed by atoms with Gasteiger partial charge < -0.3 is 14.7 Å². The Balaban J connectivity index is 1.40. The molecule has 6 heteroatoms. The molecule has 4 heterocycles. The Morgan fingerprint density at radius 1 is 1.22 bits per heavy atom. The standard InChI is InChI=1S/C17H26N4O2/c22-15-13-20(10-6-17(15)5-3-11-23-17)12-14-4-7-18-16(19-14)21-8-1-2-9-21/h4,7,15,22H,1-3,5-6,8-13H2/t15-,17-/m0/s1. The van der Waals surface area contributed by atoms with Gasteiger partial charge in [0.05, 0.1) is 17.4 Å². The summed E-state index contributed by atoms with van der Waals surface area (Å²) in [6.45, 7) is 5.32. The maximum Gasteiger partial charge on any atom is 0.225 e. The van der Waals surface area contributed by atoms with Crippen molar-refractivity contribution < 1.29 is 9.84 Å². The number of likely N-dealkylation sites (tertiary alicyclic amines) is 1. The molecule has 6 nitrogen and oxygen atoms in total. The Morgan fingerprint density at radius 2 is 2.09 bits per heavy atom. The van der Waals surface area contributed by atoms with Crippen molar-refractivity contribution in [1.82, 2.24) is 14.9 Å². The number of aromatic nitrogens is 2. The molecule has 1 spiro atoms. The van der Waals surface area contributed by atoms with Gasteiger partial charge in [0.1, 0.15) is 0 Å². The molecule has 3 aliphatic rings. The highest BCUT2D eigenvalue weighted by molar-refractivity contribution is 5.31. The third kappa shape index (κ3) is 3.07. The maximum absolute atomic E-state index is 10.5. The largest absolute Gasteiger partial charge is 0.389 e. The minimum Gasteiger partial charge on any atom is -0.389 e. The lowest BCUT2D eigenvalue weighted by atomic mass is 9.86. The van der Waals surface area contributed by atoms with Crippen LogP contribution in [0.25, 0.3) is 0 Å². The Labute approximate surface area is 137 Å². The molecule has 0 aromatic carbocycles. The first kappa shape index (κ1) is 15.3. The molecule has 0 saturated carbocycles. The molecule has 4 rings (SSSR count). The zero-order chi connectivity index (χ0) is 15.7. The van der Waals surface area contributed by atoms with Gasteiger partial charge in [0.2, 0.25) is 5.95 Å². The van der Waals surface area contributed by atoms with Gasteiger partial charge >= 0.3 is 0 Å². The summed E-state index contributed by atoms with van der Waals surface area (Å²) in [5.41, 5.74) is 0.764. The molecule has 1 aromatic rings. The summed E-state index contributed by atoms with van der Waals surface area (Å²) in [7, 11) is 0. The number of hydrogen-bond acceptors (Lipinski definition) is 6. The first-order valence-corrected chi connectivity index (χ1v) is 8.86. The molecule has 2 atom stereocenters. The number of aliphatic hydroxyl groups excluding tert-OH is 1. The van der Waals surface area contributed by atoms with E-state index in [0.717, 1.165) is 63.7 Å². The number of ether oxygens (including phenoxy) is 1. The van der Waals surface area contributed by atoms with Crippen LogP contribution < -0.4 is 4.90 Å². The second kappa shape index (κ2) is 6.34. The van der Waals surface area contributed by atoms with E-state index < -0.39 is 6.10 Å². The molecule has 0 bridgehead atoms. The fourth-order valence-corrected chi connectivity index (χ4v) is 4.11. The van der Waals surface area contributed by atoms with E-state index in [4.69, 9.17) is 9.72 Å². The molecule has 3 saturated heterocycles. The minimum absolute atomic E-state index is 0.275. The number of hydrogen-bond donors (Lipinski definition) is 1. The number of aliphatic hydroxyl groups is 1. The van der Waals surface area contributed by atoms with E-state index >= 15 is 0 Å². The summed E-state index contributed by atoms with van der Waals surface area (Å²) in [6.07, 6.45) is 6.91. The van der Waals surface area contributed by atoms with Gasteiger partial charge in [-0.05, 0) is 38.2 Å². The van der Waals surface area contributed by atoms with E-state index in [1.54, 1.807) is 0 Å². The highest BCUT2D eigenvalue weighted by Crippen LogP contribution is 2.36. The second-order valence-electron chi connectivity index (χ2n) is 7.06. The predicted molar refractivity (Wildman–Crippen MR) is 87.3 cm³/mol. The fourth-order valence-electron chi connectivity index (χ4n) is 4.11. The summed E-state index contributed by atoms with van der Waals surface area (Å²) in [6, 6.07) is 1.99. The highest BCUT2D eigenvalue weighted by atomic mass is 16.5. The van der Waals surface area contributed by atoms with Gasteiger partial charge in [0, 0.05) is 45.5 Å². The van der Waals surface area contributed by atoms with E-state index in [1.807, 2.05) is 12.3 Å². The van der Waals surface area contributed by atoms with Crippen LogP contribution >= 0.6 is 0 Å². The summed E-state index contributed by atoms with van der Waals surface area (Å²) >= 11 is 0. The average molecular weight is 318 g/mol. The van der Waals surface area contributed by atoms with Crippen LogP contribution in [0.1, 0.15) is 37.8 Å². The average Bonchev–Trinajstić information content (AvgIpc) is 3.24. The number of β-amino-alcohol motifs (C(OH)–C–C–N with tert-alkyl or cyclic N) is 1. The molecule has 0 aliphatic carbocycles. The molecule has 1 aromatic heterocycles. The Morgan fingerprint density at radius 3 is 2.83 bits per heavy atom. The number of anilines is 1. The quantitative estimate of drug-likeness (QED) is 0.903. The summed E-state index contributed by atoms with van der Waals surface area (Å²) < 4.78 is 5.87. The lowest BCUT2D eigenvalue weighted by molar-refractivity contribution is -0.130. The van der Waals surface area contributed by atoms with Crippen LogP contribution in [0.2, 0.25) is 0 Å². The molecule has 0 unspecified atom stereocenters. The van der Waals surface area contributed by atoms with Crippen LogP contribution in [0.15, 0.2) is 12.3 Å². The molecule has 3 fully saturated rings. The molecule has 3 aliphatic heterocycles. The first-order chi connectivity index (χ1) is 11.3. The van der Waals surface area contributed by atoms with Crippen molar-refractivity contribution in [3.8, 4) is 0 Å². The predicted octanol–water partition coefficient (Wildman–Crippen LogP) is 1.19. The normalized spacial score (nSPS) is 32.0. The second-order valence-corrected chi connectivity index (χ2v) is 7.06. The van der Waals surface area contributed by atoms with Crippen molar-refractivity contribution in [3.63, 3.8) is 0 Å². The third-order valence-electron chi connectivity index (χ3n) is 5.50. The lowest BCUT2D eigenvalue weighted by Crippen LogP contribution is -2.54. The van der Waals surface area contributed by atoms with Gasteiger partial charge in [-0.15, -0.1) is 0 Å². The Hall–Kier alpha value is -1.24. The maximum atomic E-state index is 10.5. The molecular formula is C17H26N4O2. The van der Waals surface area contributed by atoms with Crippen molar-refractivity contribution in [2.24, 2.45) is 0 Å². The van der Waals surface area contributed by atoms with Gasteiger partial charge in [-0.1, -0.05) is 0 Å². The van der Waals surface area contributed by atoms with Crippen LogP contribution in [-0.4, -0.2) is 64.5 Å². The summed E-state index contributed by atoms with van der Waals surface area (Å²) in [4.78, 5) is 13.7. The topological polar surface area (TPSA) is 61.7 Å². The number of rotatable bonds is 3. The molecule has 126 valence electrons. The van der Waals surface area contributed by atoms with Gasteiger partial charge in [-0.2, -0.15) is 0 Å². The SMILES string of the molecule is O[C@H]1CN(Cc2ccnc(N3CCCC3)n2)CC[C@@]12CCCO2. The molecule has 1 N–H and O–H groups in total. The van der Waals surface area contributed by atoms with Crippen molar-refractivity contribution in [3.05, 3.63) is 18.0 Å². The first-order valence-electron chi connectivity index (χ1n) is 8.86.